The van der Waals surface area contributed by atoms with E-state index < -0.39 is 0 Å². The van der Waals surface area contributed by atoms with E-state index in [1.165, 1.54) is 11.1 Å². The Morgan fingerprint density at radius 1 is 1.08 bits per heavy atom. The smallest absolute Gasteiger partial charge is 0.308 e. The summed E-state index contributed by atoms with van der Waals surface area (Å²) in [4.78, 5) is 12.3. The van der Waals surface area contributed by atoms with Crippen molar-refractivity contribution in [3.63, 3.8) is 0 Å². The van der Waals surface area contributed by atoms with Crippen LogP contribution in [-0.2, 0) is 6.54 Å². The maximum atomic E-state index is 12.3. The number of hydrogen-bond donors (Lipinski definition) is 2. The van der Waals surface area contributed by atoms with Gasteiger partial charge in [-0.05, 0) is 50.1 Å². The number of nitrogens with zero attached hydrogens (tertiary/aromatic N) is 2. The Bertz CT molecular complexity index is 949. The van der Waals surface area contributed by atoms with Crippen molar-refractivity contribution in [1.82, 2.24) is 9.78 Å². The molecule has 0 aliphatic heterocycles. The van der Waals surface area contributed by atoms with Crippen molar-refractivity contribution in [3.05, 3.63) is 75.5 Å². The summed E-state index contributed by atoms with van der Waals surface area (Å²) in [6.07, 6.45) is 0. The van der Waals surface area contributed by atoms with E-state index in [0.29, 0.717) is 6.54 Å². The third-order valence-corrected chi connectivity index (χ3v) is 4.78. The number of carbonyl (C=O) groups excluding carboxylic acids is 1. The zero-order valence-corrected chi connectivity index (χ0v) is 16.6. The fraction of sp³-hybridized carbons (Fsp3) is 0.200. The molecule has 3 rings (SSSR count). The van der Waals surface area contributed by atoms with E-state index in [1.807, 2.05) is 54.9 Å². The monoisotopic (exact) mass is 412 g/mol. The molecule has 0 fully saturated rings. The third-order valence-electron chi connectivity index (χ3n) is 4.28. The van der Waals surface area contributed by atoms with Crippen molar-refractivity contribution < 1.29 is 4.79 Å². The lowest BCUT2D eigenvalue weighted by Crippen LogP contribution is -2.20. The van der Waals surface area contributed by atoms with E-state index in [-0.39, 0.29) is 6.03 Å². The van der Waals surface area contributed by atoms with E-state index in [9.17, 15) is 4.79 Å². The fourth-order valence-electron chi connectivity index (χ4n) is 2.82. The highest BCUT2D eigenvalue weighted by atomic mass is 79.9. The number of aromatic nitrogens is 2. The zero-order valence-electron chi connectivity index (χ0n) is 15.0. The molecule has 2 amide bonds. The minimum absolute atomic E-state index is 0.287. The maximum Gasteiger partial charge on any atom is 0.323 e. The Morgan fingerprint density at radius 3 is 2.58 bits per heavy atom. The largest absolute Gasteiger partial charge is 0.323 e. The SMILES string of the molecule is Cc1ccccc1Cn1nc(C)c(NC(=O)Nc2cccc(Br)c2)c1C. The molecule has 1 aromatic heterocycles. The number of amides is 2. The molecule has 0 bridgehead atoms. The van der Waals surface area contributed by atoms with Crippen molar-refractivity contribution >= 4 is 33.3 Å². The predicted molar refractivity (Wildman–Crippen MR) is 109 cm³/mol. The minimum Gasteiger partial charge on any atom is -0.308 e. The summed E-state index contributed by atoms with van der Waals surface area (Å²) in [5.74, 6) is 0. The molecule has 5 nitrogen and oxygen atoms in total. The van der Waals surface area contributed by atoms with Gasteiger partial charge in [0.2, 0.25) is 0 Å². The molecule has 1 heterocycles. The average Bonchev–Trinajstić information content (AvgIpc) is 2.84. The molecule has 0 aliphatic rings. The van der Waals surface area contributed by atoms with Crippen LogP contribution in [0.5, 0.6) is 0 Å². The van der Waals surface area contributed by atoms with Gasteiger partial charge in [0, 0.05) is 10.2 Å². The fourth-order valence-corrected chi connectivity index (χ4v) is 3.22. The highest BCUT2D eigenvalue weighted by Gasteiger charge is 2.15. The van der Waals surface area contributed by atoms with Gasteiger partial charge >= 0.3 is 6.03 Å². The van der Waals surface area contributed by atoms with Gasteiger partial charge < -0.3 is 10.6 Å². The minimum atomic E-state index is -0.287. The van der Waals surface area contributed by atoms with Crippen LogP contribution in [0.4, 0.5) is 16.2 Å². The molecule has 2 aromatic carbocycles. The van der Waals surface area contributed by atoms with Gasteiger partial charge in [0.25, 0.3) is 0 Å². The number of urea groups is 1. The van der Waals surface area contributed by atoms with Gasteiger partial charge in [-0.3, -0.25) is 4.68 Å². The van der Waals surface area contributed by atoms with Crippen molar-refractivity contribution in [2.75, 3.05) is 10.6 Å². The van der Waals surface area contributed by atoms with Gasteiger partial charge in [-0.25, -0.2) is 4.79 Å². The Morgan fingerprint density at radius 2 is 1.85 bits per heavy atom. The van der Waals surface area contributed by atoms with Crippen LogP contribution in [0.15, 0.2) is 53.0 Å². The van der Waals surface area contributed by atoms with Crippen LogP contribution >= 0.6 is 15.9 Å². The number of benzene rings is 2. The zero-order chi connectivity index (χ0) is 18.7. The lowest BCUT2D eigenvalue weighted by Gasteiger charge is -2.10. The van der Waals surface area contributed by atoms with Crippen LogP contribution in [0.3, 0.4) is 0 Å². The van der Waals surface area contributed by atoms with E-state index in [0.717, 1.165) is 27.2 Å². The van der Waals surface area contributed by atoms with Crippen molar-refractivity contribution in [2.45, 2.75) is 27.3 Å². The number of nitrogens with one attached hydrogen (secondary N) is 2. The summed E-state index contributed by atoms with van der Waals surface area (Å²) in [6, 6.07) is 15.4. The Hall–Kier alpha value is -2.60. The third kappa shape index (κ3) is 4.14. The molecule has 0 aliphatic carbocycles. The quantitative estimate of drug-likeness (QED) is 0.613. The standard InChI is InChI=1S/C20H21BrN4O/c1-13-7-4-5-8-16(13)12-25-15(3)19(14(2)24-25)23-20(26)22-18-10-6-9-17(21)11-18/h4-11H,12H2,1-3H3,(H2,22,23,26). The van der Waals surface area contributed by atoms with E-state index in [4.69, 9.17) is 0 Å². The van der Waals surface area contributed by atoms with Crippen LogP contribution in [-0.4, -0.2) is 15.8 Å². The summed E-state index contributed by atoms with van der Waals surface area (Å²) in [6.45, 7) is 6.63. The Kier molecular flexibility index (Phi) is 5.42. The van der Waals surface area contributed by atoms with Gasteiger partial charge in [-0.15, -0.1) is 0 Å². The number of carbonyl (C=O) groups is 1. The lowest BCUT2D eigenvalue weighted by atomic mass is 10.1. The number of rotatable bonds is 4. The Balaban J connectivity index is 1.75. The van der Waals surface area contributed by atoms with Crippen molar-refractivity contribution in [3.8, 4) is 0 Å². The topological polar surface area (TPSA) is 59.0 Å². The van der Waals surface area contributed by atoms with E-state index in [1.54, 1.807) is 0 Å². The summed E-state index contributed by atoms with van der Waals surface area (Å²) < 4.78 is 2.83. The second-order valence-electron chi connectivity index (χ2n) is 6.22. The number of anilines is 2. The highest BCUT2D eigenvalue weighted by molar-refractivity contribution is 9.10. The van der Waals surface area contributed by atoms with Crippen LogP contribution in [0.25, 0.3) is 0 Å². The van der Waals surface area contributed by atoms with E-state index in [2.05, 4.69) is 50.7 Å². The number of aryl methyl sites for hydroxylation is 2. The van der Waals surface area contributed by atoms with Crippen molar-refractivity contribution in [1.29, 1.82) is 0 Å². The summed E-state index contributed by atoms with van der Waals surface area (Å²) in [5.41, 5.74) is 5.62. The molecular weight excluding hydrogens is 392 g/mol. The predicted octanol–water partition coefficient (Wildman–Crippen LogP) is 5.26. The summed E-state index contributed by atoms with van der Waals surface area (Å²) in [7, 11) is 0. The highest BCUT2D eigenvalue weighted by Crippen LogP contribution is 2.22. The lowest BCUT2D eigenvalue weighted by molar-refractivity contribution is 0.262. The summed E-state index contributed by atoms with van der Waals surface area (Å²) >= 11 is 3.40. The first-order valence-corrected chi connectivity index (χ1v) is 9.15. The molecule has 0 saturated heterocycles. The molecule has 2 N–H and O–H groups in total. The molecule has 0 atom stereocenters. The van der Waals surface area contributed by atoms with Gasteiger partial charge in [-0.1, -0.05) is 46.3 Å². The van der Waals surface area contributed by atoms with E-state index >= 15 is 0 Å². The maximum absolute atomic E-state index is 12.3. The molecule has 6 heteroatoms. The first kappa shape index (κ1) is 18.2. The van der Waals surface area contributed by atoms with Gasteiger partial charge in [-0.2, -0.15) is 5.10 Å². The second-order valence-corrected chi connectivity index (χ2v) is 7.14. The average molecular weight is 413 g/mol. The van der Waals surface area contributed by atoms with Crippen molar-refractivity contribution in [2.24, 2.45) is 0 Å². The van der Waals surface area contributed by atoms with Gasteiger partial charge in [0.15, 0.2) is 0 Å². The Labute approximate surface area is 161 Å². The molecule has 26 heavy (non-hydrogen) atoms. The molecular formula is C20H21BrN4O. The molecule has 0 radical (unpaired) electrons. The van der Waals surface area contributed by atoms with Crippen LogP contribution < -0.4 is 10.6 Å². The van der Waals surface area contributed by atoms with Gasteiger partial charge in [0.1, 0.15) is 0 Å². The van der Waals surface area contributed by atoms with Crippen LogP contribution in [0.1, 0.15) is 22.5 Å². The van der Waals surface area contributed by atoms with Crippen LogP contribution in [0, 0.1) is 20.8 Å². The molecule has 0 spiro atoms. The number of halogens is 1. The molecule has 0 unspecified atom stereocenters. The second kappa shape index (κ2) is 7.74. The summed E-state index contributed by atoms with van der Waals surface area (Å²) in [5, 5.41) is 10.3. The van der Waals surface area contributed by atoms with Gasteiger partial charge in [0.05, 0.1) is 23.6 Å². The molecule has 0 saturated carbocycles. The normalized spacial score (nSPS) is 10.6. The first-order chi connectivity index (χ1) is 12.4. The van der Waals surface area contributed by atoms with Crippen LogP contribution in [0.2, 0.25) is 0 Å². The molecule has 3 aromatic rings. The molecule has 134 valence electrons. The first-order valence-electron chi connectivity index (χ1n) is 8.36. The number of hydrogen-bond acceptors (Lipinski definition) is 2.